The molecule has 0 spiro atoms. The number of nitrogens with zero attached hydrogens (tertiary/aromatic N) is 1. The van der Waals surface area contributed by atoms with Crippen molar-refractivity contribution in [2.75, 3.05) is 14.1 Å². The molecule has 2 rings (SSSR count). The summed E-state index contributed by atoms with van der Waals surface area (Å²) in [5.74, 6) is 0. The molecule has 0 amide bonds. The van der Waals surface area contributed by atoms with Crippen LogP contribution in [0, 0.1) is 0 Å². The second kappa shape index (κ2) is 6.36. The first-order valence-corrected chi connectivity index (χ1v) is 8.68. The first kappa shape index (κ1) is 12.8. The standard InChI is InChI=1S/C14H28NP/c1-15(2)16(13-9-5-3-6-10-13)14-11-7-4-8-12-14/h13-14H,3-12H2,1-2H3. The van der Waals surface area contributed by atoms with E-state index in [-0.39, 0.29) is 8.07 Å². The number of hydrogen-bond acceptors (Lipinski definition) is 1. The lowest BCUT2D eigenvalue weighted by atomic mass is 10.00. The van der Waals surface area contributed by atoms with Gasteiger partial charge in [0.05, 0.1) is 0 Å². The molecule has 0 radical (unpaired) electrons. The van der Waals surface area contributed by atoms with Crippen molar-refractivity contribution in [1.82, 2.24) is 4.67 Å². The molecule has 94 valence electrons. The Balaban J connectivity index is 1.96. The van der Waals surface area contributed by atoms with Gasteiger partial charge >= 0.3 is 0 Å². The molecular weight excluding hydrogens is 213 g/mol. The van der Waals surface area contributed by atoms with E-state index in [0.29, 0.717) is 0 Å². The topological polar surface area (TPSA) is 3.24 Å². The van der Waals surface area contributed by atoms with Gasteiger partial charge in [0.15, 0.2) is 0 Å². The van der Waals surface area contributed by atoms with Crippen molar-refractivity contribution >= 4 is 8.07 Å². The van der Waals surface area contributed by atoms with Crippen LogP contribution in [0.5, 0.6) is 0 Å². The average molecular weight is 241 g/mol. The van der Waals surface area contributed by atoms with Gasteiger partial charge in [0, 0.05) is 0 Å². The quantitative estimate of drug-likeness (QED) is 0.652. The summed E-state index contributed by atoms with van der Waals surface area (Å²) in [4.78, 5) is 0. The molecule has 0 aromatic carbocycles. The maximum atomic E-state index is 2.61. The van der Waals surface area contributed by atoms with E-state index in [1.807, 2.05) is 0 Å². The molecule has 0 atom stereocenters. The van der Waals surface area contributed by atoms with E-state index in [0.717, 1.165) is 11.3 Å². The lowest BCUT2D eigenvalue weighted by molar-refractivity contribution is 0.463. The third-order valence-electron chi connectivity index (χ3n) is 4.36. The van der Waals surface area contributed by atoms with Crippen LogP contribution in [0.25, 0.3) is 0 Å². The highest BCUT2D eigenvalue weighted by Crippen LogP contribution is 2.56. The Bertz CT molecular complexity index is 175. The molecular formula is C14H28NP. The van der Waals surface area contributed by atoms with Crippen molar-refractivity contribution in [2.45, 2.75) is 75.5 Å². The van der Waals surface area contributed by atoms with Crippen molar-refractivity contribution in [2.24, 2.45) is 0 Å². The summed E-state index contributed by atoms with van der Waals surface area (Å²) < 4.78 is 2.61. The third-order valence-corrected chi connectivity index (χ3v) is 7.81. The van der Waals surface area contributed by atoms with E-state index in [1.54, 1.807) is 0 Å². The van der Waals surface area contributed by atoms with Gasteiger partial charge in [-0.1, -0.05) is 38.5 Å². The van der Waals surface area contributed by atoms with E-state index in [4.69, 9.17) is 0 Å². The zero-order valence-corrected chi connectivity index (χ0v) is 12.0. The fourth-order valence-corrected chi connectivity index (χ4v) is 7.33. The molecule has 0 saturated heterocycles. The molecule has 16 heavy (non-hydrogen) atoms. The van der Waals surface area contributed by atoms with Gasteiger partial charge in [-0.05, 0) is 59.2 Å². The lowest BCUT2D eigenvalue weighted by Crippen LogP contribution is -2.27. The summed E-state index contributed by atoms with van der Waals surface area (Å²) in [6, 6.07) is 0. The fourth-order valence-electron chi connectivity index (χ4n) is 3.64. The van der Waals surface area contributed by atoms with Crippen LogP contribution in [0.15, 0.2) is 0 Å². The van der Waals surface area contributed by atoms with Crippen LogP contribution in [-0.2, 0) is 0 Å². The number of rotatable bonds is 3. The Morgan fingerprint density at radius 1 is 0.688 bits per heavy atom. The van der Waals surface area contributed by atoms with E-state index >= 15 is 0 Å². The highest BCUT2D eigenvalue weighted by Gasteiger charge is 2.32. The van der Waals surface area contributed by atoms with E-state index in [9.17, 15) is 0 Å². The Morgan fingerprint density at radius 3 is 1.38 bits per heavy atom. The average Bonchev–Trinajstić information content (AvgIpc) is 2.31. The molecule has 2 aliphatic rings. The van der Waals surface area contributed by atoms with Crippen LogP contribution in [-0.4, -0.2) is 30.1 Å². The van der Waals surface area contributed by atoms with Crippen molar-refractivity contribution in [3.8, 4) is 0 Å². The zero-order valence-electron chi connectivity index (χ0n) is 11.1. The van der Waals surface area contributed by atoms with Gasteiger partial charge in [0.2, 0.25) is 0 Å². The van der Waals surface area contributed by atoms with Gasteiger partial charge in [-0.15, -0.1) is 0 Å². The van der Waals surface area contributed by atoms with Crippen molar-refractivity contribution in [3.05, 3.63) is 0 Å². The first-order chi connectivity index (χ1) is 7.79. The number of hydrogen-bond donors (Lipinski definition) is 0. The van der Waals surface area contributed by atoms with Gasteiger partial charge in [-0.2, -0.15) is 0 Å². The first-order valence-electron chi connectivity index (χ1n) is 7.24. The predicted octanol–water partition coefficient (Wildman–Crippen LogP) is 4.61. The minimum absolute atomic E-state index is 0.177. The van der Waals surface area contributed by atoms with Gasteiger partial charge in [0.25, 0.3) is 0 Å². The molecule has 2 fully saturated rings. The molecule has 0 heterocycles. The van der Waals surface area contributed by atoms with Crippen molar-refractivity contribution in [3.63, 3.8) is 0 Å². The molecule has 2 saturated carbocycles. The molecule has 0 N–H and O–H groups in total. The van der Waals surface area contributed by atoms with Crippen molar-refractivity contribution in [1.29, 1.82) is 0 Å². The normalized spacial score (nSPS) is 25.5. The Hall–Kier alpha value is 0.390. The fraction of sp³-hybridized carbons (Fsp3) is 1.00. The summed E-state index contributed by atoms with van der Waals surface area (Å²) >= 11 is 0. The minimum Gasteiger partial charge on any atom is -0.288 e. The molecule has 0 unspecified atom stereocenters. The van der Waals surface area contributed by atoms with Gasteiger partial charge in [-0.3, -0.25) is 4.67 Å². The third kappa shape index (κ3) is 3.20. The van der Waals surface area contributed by atoms with Gasteiger partial charge < -0.3 is 0 Å². The van der Waals surface area contributed by atoms with Crippen molar-refractivity contribution < 1.29 is 0 Å². The monoisotopic (exact) mass is 241 g/mol. The Morgan fingerprint density at radius 2 is 1.06 bits per heavy atom. The Labute approximate surface area is 103 Å². The minimum atomic E-state index is 0.177. The molecule has 2 aliphatic carbocycles. The predicted molar refractivity (Wildman–Crippen MR) is 74.4 cm³/mol. The maximum absolute atomic E-state index is 2.61. The van der Waals surface area contributed by atoms with Crippen LogP contribution in [0.1, 0.15) is 64.2 Å². The highest BCUT2D eigenvalue weighted by molar-refractivity contribution is 7.56. The van der Waals surface area contributed by atoms with Crippen LogP contribution >= 0.6 is 8.07 Å². The summed E-state index contributed by atoms with van der Waals surface area (Å²) in [6.07, 6.45) is 15.1. The molecule has 2 heteroatoms. The zero-order chi connectivity index (χ0) is 11.4. The second-order valence-corrected chi connectivity index (χ2v) is 8.83. The molecule has 0 aromatic rings. The van der Waals surface area contributed by atoms with Crippen LogP contribution < -0.4 is 0 Å². The summed E-state index contributed by atoms with van der Waals surface area (Å²) in [7, 11) is 4.86. The molecule has 0 aromatic heterocycles. The Kier molecular flexibility index (Phi) is 5.10. The van der Waals surface area contributed by atoms with Gasteiger partial charge in [0.1, 0.15) is 0 Å². The highest BCUT2D eigenvalue weighted by atomic mass is 31.1. The summed E-state index contributed by atoms with van der Waals surface area (Å²) in [5.41, 5.74) is 2.14. The maximum Gasteiger partial charge on any atom is -0.00741 e. The molecule has 0 aliphatic heterocycles. The van der Waals surface area contributed by atoms with Gasteiger partial charge in [-0.25, -0.2) is 0 Å². The smallest absolute Gasteiger partial charge is 0.00741 e. The SMILES string of the molecule is CN(C)P(C1CCCCC1)C1CCCCC1. The molecule has 0 bridgehead atoms. The summed E-state index contributed by atoms with van der Waals surface area (Å²) in [6.45, 7) is 0. The lowest BCUT2D eigenvalue weighted by Gasteiger charge is -2.41. The van der Waals surface area contributed by atoms with E-state index in [2.05, 4.69) is 18.8 Å². The largest absolute Gasteiger partial charge is 0.288 e. The van der Waals surface area contributed by atoms with Crippen LogP contribution in [0.2, 0.25) is 0 Å². The van der Waals surface area contributed by atoms with Crippen LogP contribution in [0.3, 0.4) is 0 Å². The second-order valence-electron chi connectivity index (χ2n) is 5.81. The molecule has 1 nitrogen and oxygen atoms in total. The summed E-state index contributed by atoms with van der Waals surface area (Å²) in [5, 5.41) is 0. The van der Waals surface area contributed by atoms with E-state index in [1.165, 1.54) is 64.2 Å². The van der Waals surface area contributed by atoms with Crippen LogP contribution in [0.4, 0.5) is 0 Å². The van der Waals surface area contributed by atoms with E-state index < -0.39 is 0 Å².